The molecule has 33 heavy (non-hydrogen) atoms. The Labute approximate surface area is 202 Å². The van der Waals surface area contributed by atoms with Crippen LogP contribution < -0.4 is 0 Å². The summed E-state index contributed by atoms with van der Waals surface area (Å²) in [5, 5.41) is 15.1. The Balaban J connectivity index is 1.52. The van der Waals surface area contributed by atoms with Gasteiger partial charge < -0.3 is 14.7 Å². The lowest BCUT2D eigenvalue weighted by molar-refractivity contribution is -0.181. The predicted octanol–water partition coefficient (Wildman–Crippen LogP) is 4.08. The molecule has 0 aliphatic carbocycles. The maximum atomic E-state index is 13.3. The van der Waals surface area contributed by atoms with Gasteiger partial charge in [-0.2, -0.15) is 0 Å². The minimum atomic E-state index is -1.05. The minimum absolute atomic E-state index is 0.0351. The molecule has 2 atom stereocenters. The second-order valence-corrected chi connectivity index (χ2v) is 9.92. The average Bonchev–Trinajstić information content (AvgIpc) is 3.19. The average molecular weight is 487 g/mol. The zero-order chi connectivity index (χ0) is 23.6. The van der Waals surface area contributed by atoms with Crippen LogP contribution in [0.2, 0.25) is 5.02 Å². The summed E-state index contributed by atoms with van der Waals surface area (Å²) in [4.78, 5) is 28.7. The fourth-order valence-corrected chi connectivity index (χ4v) is 5.58. The molecular formula is C25H27ClN2O4S. The van der Waals surface area contributed by atoms with Crippen LogP contribution in [0.3, 0.4) is 0 Å². The molecule has 1 amide bonds. The highest BCUT2D eigenvalue weighted by Gasteiger charge is 2.50. The molecule has 2 aromatic carbocycles. The first-order valence-electron chi connectivity index (χ1n) is 10.8. The van der Waals surface area contributed by atoms with Crippen LogP contribution in [-0.4, -0.2) is 58.7 Å². The maximum absolute atomic E-state index is 13.3. The molecule has 8 heteroatoms. The number of ether oxygens (including phenoxy) is 1. The smallest absolute Gasteiger partial charge is 0.319 e. The van der Waals surface area contributed by atoms with Gasteiger partial charge in [0.05, 0.1) is 25.6 Å². The number of esters is 1. The Morgan fingerprint density at radius 2 is 2.06 bits per heavy atom. The third-order valence-corrected chi connectivity index (χ3v) is 7.65. The molecule has 0 radical (unpaired) electrons. The van der Waals surface area contributed by atoms with Gasteiger partial charge in [0.1, 0.15) is 6.23 Å². The van der Waals surface area contributed by atoms with E-state index in [0.29, 0.717) is 24.5 Å². The molecular weight excluding hydrogens is 460 g/mol. The van der Waals surface area contributed by atoms with Gasteiger partial charge in [-0.15, -0.1) is 11.3 Å². The van der Waals surface area contributed by atoms with E-state index in [0.717, 1.165) is 21.2 Å². The molecule has 1 aliphatic heterocycles. The van der Waals surface area contributed by atoms with E-state index in [9.17, 15) is 14.7 Å². The van der Waals surface area contributed by atoms with Gasteiger partial charge in [-0.3, -0.25) is 14.5 Å². The third kappa shape index (κ3) is 4.92. The van der Waals surface area contributed by atoms with Gasteiger partial charge in [0, 0.05) is 22.8 Å². The summed E-state index contributed by atoms with van der Waals surface area (Å²) in [7, 11) is 1.32. The van der Waals surface area contributed by atoms with Crippen molar-refractivity contribution in [3.63, 3.8) is 0 Å². The molecule has 0 spiro atoms. The van der Waals surface area contributed by atoms with Gasteiger partial charge in [-0.1, -0.05) is 41.9 Å². The van der Waals surface area contributed by atoms with Crippen molar-refractivity contribution >= 4 is 44.9 Å². The largest absolute Gasteiger partial charge is 0.468 e. The summed E-state index contributed by atoms with van der Waals surface area (Å²) in [6.07, 6.45) is -0.137. The summed E-state index contributed by atoms with van der Waals surface area (Å²) in [5.74, 6) is -0.492. The van der Waals surface area contributed by atoms with Gasteiger partial charge in [-0.05, 0) is 53.4 Å². The van der Waals surface area contributed by atoms with Gasteiger partial charge >= 0.3 is 5.97 Å². The first-order chi connectivity index (χ1) is 15.8. The van der Waals surface area contributed by atoms with Crippen molar-refractivity contribution in [3.05, 3.63) is 70.1 Å². The molecule has 0 bridgehead atoms. The molecule has 2 unspecified atom stereocenters. The van der Waals surface area contributed by atoms with Crippen LogP contribution in [0.5, 0.6) is 0 Å². The molecule has 1 N–H and O–H groups in total. The number of fused-ring (bicyclic) bond motifs is 1. The van der Waals surface area contributed by atoms with Gasteiger partial charge in [-0.25, -0.2) is 0 Å². The second kappa shape index (κ2) is 9.81. The van der Waals surface area contributed by atoms with Crippen molar-refractivity contribution in [2.75, 3.05) is 20.2 Å². The molecule has 1 saturated heterocycles. The first-order valence-corrected chi connectivity index (χ1v) is 12.1. The maximum Gasteiger partial charge on any atom is 0.319 e. The fraction of sp³-hybridized carbons (Fsp3) is 0.360. The Hall–Kier alpha value is -2.45. The highest BCUT2D eigenvalue weighted by atomic mass is 35.5. The predicted molar refractivity (Wildman–Crippen MR) is 130 cm³/mol. The van der Waals surface area contributed by atoms with Crippen molar-refractivity contribution in [2.45, 2.75) is 38.1 Å². The first kappa shape index (κ1) is 23.7. The van der Waals surface area contributed by atoms with Crippen molar-refractivity contribution in [1.29, 1.82) is 0 Å². The summed E-state index contributed by atoms with van der Waals surface area (Å²) in [5.41, 5.74) is 1.04. The quantitative estimate of drug-likeness (QED) is 0.384. The number of nitrogens with zero attached hydrogens (tertiary/aromatic N) is 2. The number of benzene rings is 2. The molecule has 174 valence electrons. The number of halogens is 1. The van der Waals surface area contributed by atoms with Crippen LogP contribution in [-0.2, 0) is 27.3 Å². The number of likely N-dealkylation sites (tertiary alicyclic amines) is 1. The van der Waals surface area contributed by atoms with E-state index in [1.54, 1.807) is 33.3 Å². The van der Waals surface area contributed by atoms with Crippen LogP contribution in [0.4, 0.5) is 0 Å². The van der Waals surface area contributed by atoms with E-state index in [-0.39, 0.29) is 18.9 Å². The zero-order valence-electron chi connectivity index (χ0n) is 18.7. The van der Waals surface area contributed by atoms with E-state index in [1.165, 1.54) is 7.11 Å². The van der Waals surface area contributed by atoms with Gasteiger partial charge in [0.25, 0.3) is 0 Å². The van der Waals surface area contributed by atoms with E-state index < -0.39 is 17.7 Å². The van der Waals surface area contributed by atoms with Crippen molar-refractivity contribution in [1.82, 2.24) is 9.80 Å². The van der Waals surface area contributed by atoms with Crippen molar-refractivity contribution in [2.24, 2.45) is 0 Å². The van der Waals surface area contributed by atoms with E-state index in [2.05, 4.69) is 0 Å². The number of methoxy groups -OCH3 is 1. The van der Waals surface area contributed by atoms with E-state index in [1.807, 2.05) is 48.7 Å². The lowest BCUT2D eigenvalue weighted by Crippen LogP contribution is -2.70. The van der Waals surface area contributed by atoms with Crippen LogP contribution in [0.15, 0.2) is 53.9 Å². The number of rotatable bonds is 8. The summed E-state index contributed by atoms with van der Waals surface area (Å²) < 4.78 is 6.00. The Bertz CT molecular complexity index is 1170. The highest BCUT2D eigenvalue weighted by Crippen LogP contribution is 2.37. The molecule has 1 fully saturated rings. The number of thiophene rings is 1. The van der Waals surface area contributed by atoms with E-state index in [4.69, 9.17) is 16.3 Å². The second-order valence-electron chi connectivity index (χ2n) is 8.57. The van der Waals surface area contributed by atoms with Gasteiger partial charge in [0.2, 0.25) is 5.91 Å². The fourth-order valence-electron chi connectivity index (χ4n) is 4.40. The molecule has 4 rings (SSSR count). The molecule has 3 aromatic rings. The summed E-state index contributed by atoms with van der Waals surface area (Å²) in [6.45, 7) is 2.63. The van der Waals surface area contributed by atoms with Crippen LogP contribution in [0.1, 0.15) is 24.5 Å². The number of amides is 1. The standard InChI is InChI=1S/C25H27ClN2O4S/c1-25(24(31)27(15-23(30)32-2)14-17-6-5-7-19(26)12-17)10-11-28(25)22(29)13-18-16-33-21-9-4-3-8-20(18)21/h3-9,12,16,24,31H,10-11,13-15H2,1-2H3. The van der Waals surface area contributed by atoms with Gasteiger partial charge in [0.15, 0.2) is 0 Å². The number of hydrogen-bond acceptors (Lipinski definition) is 6. The van der Waals surface area contributed by atoms with Crippen LogP contribution >= 0.6 is 22.9 Å². The van der Waals surface area contributed by atoms with Crippen molar-refractivity contribution in [3.8, 4) is 0 Å². The normalized spacial score (nSPS) is 18.9. The topological polar surface area (TPSA) is 70.1 Å². The third-order valence-electron chi connectivity index (χ3n) is 6.40. The molecule has 1 aromatic heterocycles. The SMILES string of the molecule is COC(=O)CN(Cc1cccc(Cl)c1)C(O)C1(C)CCN1C(=O)Cc1csc2ccccc12. The Morgan fingerprint density at radius 3 is 2.76 bits per heavy atom. The molecule has 2 heterocycles. The van der Waals surface area contributed by atoms with E-state index >= 15 is 0 Å². The van der Waals surface area contributed by atoms with Crippen molar-refractivity contribution < 1.29 is 19.4 Å². The number of aliphatic hydroxyl groups is 1. The summed E-state index contributed by atoms with van der Waals surface area (Å²) in [6, 6.07) is 15.3. The number of aliphatic hydroxyl groups excluding tert-OH is 1. The Kier molecular flexibility index (Phi) is 7.05. The number of carbonyl (C=O) groups excluding carboxylic acids is 2. The number of carbonyl (C=O) groups is 2. The minimum Gasteiger partial charge on any atom is -0.468 e. The lowest BCUT2D eigenvalue weighted by atomic mass is 9.83. The monoisotopic (exact) mass is 486 g/mol. The highest BCUT2D eigenvalue weighted by molar-refractivity contribution is 7.17. The number of hydrogen-bond donors (Lipinski definition) is 1. The lowest BCUT2D eigenvalue weighted by Gasteiger charge is -2.55. The van der Waals surface area contributed by atoms with Crippen LogP contribution in [0, 0.1) is 0 Å². The molecule has 6 nitrogen and oxygen atoms in total. The van der Waals surface area contributed by atoms with Crippen LogP contribution in [0.25, 0.3) is 10.1 Å². The summed E-state index contributed by atoms with van der Waals surface area (Å²) >= 11 is 7.74. The molecule has 0 saturated carbocycles. The molecule has 1 aliphatic rings. The zero-order valence-corrected chi connectivity index (χ0v) is 20.2. The Morgan fingerprint density at radius 1 is 1.27 bits per heavy atom.